The van der Waals surface area contributed by atoms with Crippen LogP contribution in [0.3, 0.4) is 0 Å². The van der Waals surface area contributed by atoms with Gasteiger partial charge in [0.1, 0.15) is 5.75 Å². The summed E-state index contributed by atoms with van der Waals surface area (Å²) in [6.45, 7) is 1.68. The number of hydrogen-bond donors (Lipinski definition) is 3. The summed E-state index contributed by atoms with van der Waals surface area (Å²) in [4.78, 5) is 23.5. The lowest BCUT2D eigenvalue weighted by Crippen LogP contribution is -2.21. The minimum Gasteiger partial charge on any atom is -0.507 e. The number of rotatable bonds is 6. The molecule has 0 aliphatic heterocycles. The highest BCUT2D eigenvalue weighted by Crippen LogP contribution is 2.16. The Bertz CT molecular complexity index is 742. The van der Waals surface area contributed by atoms with E-state index in [4.69, 9.17) is 0 Å². The molecule has 0 aromatic heterocycles. The molecule has 0 bridgehead atoms. The Kier molecular flexibility index (Phi) is 6.08. The van der Waals surface area contributed by atoms with Crippen molar-refractivity contribution in [1.29, 1.82) is 0 Å². The molecule has 0 spiro atoms. The fraction of sp³-hybridized carbons (Fsp3) is 0.167. The lowest BCUT2D eigenvalue weighted by Gasteiger charge is -2.06. The van der Waals surface area contributed by atoms with Gasteiger partial charge in [0.05, 0.1) is 5.71 Å². The smallest absolute Gasteiger partial charge is 0.240 e. The summed E-state index contributed by atoms with van der Waals surface area (Å²) in [6, 6.07) is 15.8. The number of benzene rings is 2. The fourth-order valence-corrected chi connectivity index (χ4v) is 2.01. The average molecular weight is 325 g/mol. The van der Waals surface area contributed by atoms with Crippen molar-refractivity contribution >= 4 is 23.2 Å². The molecule has 2 rings (SSSR count). The number of para-hydroxylation sites is 2. The van der Waals surface area contributed by atoms with Crippen LogP contribution in [-0.4, -0.2) is 22.6 Å². The van der Waals surface area contributed by atoms with Crippen molar-refractivity contribution in [2.24, 2.45) is 5.10 Å². The third-order valence-electron chi connectivity index (χ3n) is 3.28. The number of aromatic hydroxyl groups is 1. The number of carbonyl (C=O) groups is 2. The van der Waals surface area contributed by atoms with Crippen molar-refractivity contribution in [3.8, 4) is 5.75 Å². The largest absolute Gasteiger partial charge is 0.507 e. The molecule has 0 aliphatic carbocycles. The zero-order chi connectivity index (χ0) is 17.4. The number of phenolic OH excluding ortho intramolecular Hbond substituents is 1. The zero-order valence-corrected chi connectivity index (χ0v) is 13.3. The van der Waals surface area contributed by atoms with Gasteiger partial charge >= 0.3 is 0 Å². The van der Waals surface area contributed by atoms with Crippen LogP contribution in [0.2, 0.25) is 0 Å². The number of amides is 2. The highest BCUT2D eigenvalue weighted by molar-refractivity contribution is 6.01. The number of hydrogen-bond acceptors (Lipinski definition) is 4. The fourth-order valence-electron chi connectivity index (χ4n) is 2.01. The van der Waals surface area contributed by atoms with E-state index < -0.39 is 0 Å². The molecule has 6 heteroatoms. The first-order chi connectivity index (χ1) is 11.6. The molecule has 0 heterocycles. The van der Waals surface area contributed by atoms with E-state index in [1.807, 2.05) is 18.2 Å². The Morgan fingerprint density at radius 2 is 1.58 bits per heavy atom. The first kappa shape index (κ1) is 17.2. The Labute approximate surface area is 140 Å². The van der Waals surface area contributed by atoms with Crippen molar-refractivity contribution in [3.63, 3.8) is 0 Å². The van der Waals surface area contributed by atoms with Crippen molar-refractivity contribution in [1.82, 2.24) is 5.43 Å². The first-order valence-corrected chi connectivity index (χ1v) is 7.52. The summed E-state index contributed by atoms with van der Waals surface area (Å²) in [5, 5.41) is 16.4. The zero-order valence-electron chi connectivity index (χ0n) is 13.3. The van der Waals surface area contributed by atoms with Gasteiger partial charge in [-0.3, -0.25) is 9.59 Å². The second-order valence-corrected chi connectivity index (χ2v) is 5.16. The molecule has 0 fully saturated rings. The van der Waals surface area contributed by atoms with Crippen LogP contribution in [-0.2, 0) is 9.59 Å². The van der Waals surface area contributed by atoms with Gasteiger partial charge in [0.25, 0.3) is 0 Å². The van der Waals surface area contributed by atoms with Crippen molar-refractivity contribution < 1.29 is 14.7 Å². The van der Waals surface area contributed by atoms with Crippen LogP contribution in [0.15, 0.2) is 59.7 Å². The predicted molar refractivity (Wildman–Crippen MR) is 92.8 cm³/mol. The second-order valence-electron chi connectivity index (χ2n) is 5.16. The quantitative estimate of drug-likeness (QED) is 0.563. The van der Waals surface area contributed by atoms with Crippen LogP contribution in [0.1, 0.15) is 25.3 Å². The Morgan fingerprint density at radius 3 is 2.29 bits per heavy atom. The molecule has 2 amide bonds. The Balaban J connectivity index is 1.80. The van der Waals surface area contributed by atoms with Crippen LogP contribution < -0.4 is 10.7 Å². The first-order valence-electron chi connectivity index (χ1n) is 7.52. The van der Waals surface area contributed by atoms with Gasteiger partial charge in [-0.2, -0.15) is 5.10 Å². The molecule has 0 saturated heterocycles. The molecule has 2 aromatic carbocycles. The van der Waals surface area contributed by atoms with Crippen LogP contribution in [0, 0.1) is 0 Å². The van der Waals surface area contributed by atoms with E-state index in [1.165, 1.54) is 0 Å². The SMILES string of the molecule is CC(=NNC(=O)CCC(=O)Nc1ccccc1)c1ccccc1O. The van der Waals surface area contributed by atoms with E-state index in [0.29, 0.717) is 17.0 Å². The number of hydrazone groups is 1. The molecule has 124 valence electrons. The van der Waals surface area contributed by atoms with Crippen LogP contribution in [0.5, 0.6) is 5.75 Å². The van der Waals surface area contributed by atoms with Crippen LogP contribution in [0.4, 0.5) is 5.69 Å². The average Bonchev–Trinajstić information content (AvgIpc) is 2.59. The maximum absolute atomic E-state index is 11.8. The van der Waals surface area contributed by atoms with Crippen molar-refractivity contribution in [2.45, 2.75) is 19.8 Å². The van der Waals surface area contributed by atoms with E-state index >= 15 is 0 Å². The van der Waals surface area contributed by atoms with Crippen LogP contribution in [0.25, 0.3) is 0 Å². The molecule has 6 nitrogen and oxygen atoms in total. The number of nitrogens with zero attached hydrogens (tertiary/aromatic N) is 1. The van der Waals surface area contributed by atoms with E-state index in [1.54, 1.807) is 43.3 Å². The molecular weight excluding hydrogens is 306 g/mol. The molecular formula is C18H19N3O3. The minimum atomic E-state index is -0.368. The van der Waals surface area contributed by atoms with E-state index in [2.05, 4.69) is 15.8 Å². The minimum absolute atomic E-state index is 0.0240. The van der Waals surface area contributed by atoms with Crippen molar-refractivity contribution in [2.75, 3.05) is 5.32 Å². The lowest BCUT2D eigenvalue weighted by molar-refractivity contribution is -0.124. The second kappa shape index (κ2) is 8.47. The summed E-state index contributed by atoms with van der Waals surface area (Å²) in [5.74, 6) is -0.513. The third-order valence-corrected chi connectivity index (χ3v) is 3.28. The predicted octanol–water partition coefficient (Wildman–Crippen LogP) is 2.65. The standard InChI is InChI=1S/C18H19N3O3/c1-13(15-9-5-6-10-16(15)22)20-21-18(24)12-11-17(23)19-14-7-3-2-4-8-14/h2-10,22H,11-12H2,1H3,(H,19,23)(H,21,24). The lowest BCUT2D eigenvalue weighted by atomic mass is 10.1. The number of anilines is 1. The Morgan fingerprint density at radius 1 is 0.958 bits per heavy atom. The summed E-state index contributed by atoms with van der Waals surface area (Å²) in [7, 11) is 0. The summed E-state index contributed by atoms with van der Waals surface area (Å²) in [5.41, 5.74) is 4.10. The van der Waals surface area contributed by atoms with E-state index in [-0.39, 0.29) is 30.4 Å². The van der Waals surface area contributed by atoms with Gasteiger partial charge < -0.3 is 10.4 Å². The molecule has 0 unspecified atom stereocenters. The molecule has 0 saturated carbocycles. The van der Waals surface area contributed by atoms with Gasteiger partial charge in [0, 0.05) is 24.1 Å². The molecule has 0 radical (unpaired) electrons. The molecule has 0 aliphatic rings. The maximum Gasteiger partial charge on any atom is 0.240 e. The van der Waals surface area contributed by atoms with Gasteiger partial charge in [-0.1, -0.05) is 30.3 Å². The third kappa shape index (κ3) is 5.24. The number of nitrogens with one attached hydrogen (secondary N) is 2. The van der Waals surface area contributed by atoms with Gasteiger partial charge in [-0.15, -0.1) is 0 Å². The molecule has 24 heavy (non-hydrogen) atoms. The topological polar surface area (TPSA) is 90.8 Å². The highest BCUT2D eigenvalue weighted by atomic mass is 16.3. The Hall–Kier alpha value is -3.15. The summed E-state index contributed by atoms with van der Waals surface area (Å²) < 4.78 is 0. The highest BCUT2D eigenvalue weighted by Gasteiger charge is 2.08. The maximum atomic E-state index is 11.8. The van der Waals surface area contributed by atoms with Crippen molar-refractivity contribution in [3.05, 3.63) is 60.2 Å². The van der Waals surface area contributed by atoms with Gasteiger partial charge in [-0.25, -0.2) is 5.43 Å². The van der Waals surface area contributed by atoms with Gasteiger partial charge in [0.2, 0.25) is 11.8 Å². The number of phenols is 1. The molecule has 0 atom stereocenters. The van der Waals surface area contributed by atoms with Gasteiger partial charge in [0.15, 0.2) is 0 Å². The van der Waals surface area contributed by atoms with Gasteiger partial charge in [-0.05, 0) is 31.2 Å². The van der Waals surface area contributed by atoms with E-state index in [9.17, 15) is 14.7 Å². The van der Waals surface area contributed by atoms with Crippen LogP contribution >= 0.6 is 0 Å². The molecule has 2 aromatic rings. The monoisotopic (exact) mass is 325 g/mol. The number of carbonyl (C=O) groups excluding carboxylic acids is 2. The normalized spacial score (nSPS) is 11.0. The summed E-state index contributed by atoms with van der Waals surface area (Å²) in [6.07, 6.45) is 0.0854. The van der Waals surface area contributed by atoms with E-state index in [0.717, 1.165) is 0 Å². The summed E-state index contributed by atoms with van der Waals surface area (Å²) >= 11 is 0. The molecule has 3 N–H and O–H groups in total.